The van der Waals surface area contributed by atoms with E-state index in [1.807, 2.05) is 0 Å². The summed E-state index contributed by atoms with van der Waals surface area (Å²) in [5.74, 6) is 4.88. The van der Waals surface area contributed by atoms with Crippen molar-refractivity contribution in [2.45, 2.75) is 83.4 Å². The number of hydrogen-bond donors (Lipinski definition) is 1. The Bertz CT molecular complexity index is 538. The zero-order valence-electron chi connectivity index (χ0n) is 14.7. The summed E-state index contributed by atoms with van der Waals surface area (Å²) in [5, 5.41) is 10.9. The predicted octanol–water partition coefficient (Wildman–Crippen LogP) is 4.73. The fourth-order valence-corrected chi connectivity index (χ4v) is 7.53. The van der Waals surface area contributed by atoms with Gasteiger partial charge in [-0.05, 0) is 74.0 Å². The van der Waals surface area contributed by atoms with Crippen LogP contribution in [0.1, 0.15) is 71.6 Å². The van der Waals surface area contributed by atoms with Crippen LogP contribution < -0.4 is 0 Å². The minimum Gasteiger partial charge on any atom is -0.374 e. The van der Waals surface area contributed by atoms with Crippen molar-refractivity contribution in [3.63, 3.8) is 0 Å². The smallest absolute Gasteiger partial charge is 0.161 e. The summed E-state index contributed by atoms with van der Waals surface area (Å²) in [7, 11) is 0. The predicted molar refractivity (Wildman–Crippen MR) is 90.4 cm³/mol. The molecule has 0 bridgehead atoms. The summed E-state index contributed by atoms with van der Waals surface area (Å²) < 4.78 is 14.7. The zero-order chi connectivity index (χ0) is 16.5. The lowest BCUT2D eigenvalue weighted by molar-refractivity contribution is -0.139. The van der Waals surface area contributed by atoms with Gasteiger partial charge in [0.25, 0.3) is 0 Å². The van der Waals surface area contributed by atoms with Gasteiger partial charge in [0.2, 0.25) is 0 Å². The molecule has 0 unspecified atom stereocenters. The Morgan fingerprint density at radius 3 is 2.57 bits per heavy atom. The minimum absolute atomic E-state index is 0.261. The van der Waals surface area contributed by atoms with Crippen LogP contribution in [0.2, 0.25) is 0 Å². The van der Waals surface area contributed by atoms with Gasteiger partial charge in [0.05, 0.1) is 0 Å². The summed E-state index contributed by atoms with van der Waals surface area (Å²) in [6.07, 6.45) is 14.9. The summed E-state index contributed by atoms with van der Waals surface area (Å²) >= 11 is 0. The van der Waals surface area contributed by atoms with Gasteiger partial charge in [-0.2, -0.15) is 0 Å². The van der Waals surface area contributed by atoms with E-state index in [-0.39, 0.29) is 5.92 Å². The van der Waals surface area contributed by atoms with Crippen LogP contribution in [-0.2, 0) is 0 Å². The van der Waals surface area contributed by atoms with E-state index in [9.17, 15) is 9.50 Å². The van der Waals surface area contributed by atoms with Crippen LogP contribution in [0.4, 0.5) is 4.39 Å². The van der Waals surface area contributed by atoms with Gasteiger partial charge in [0.1, 0.15) is 6.17 Å². The van der Waals surface area contributed by atoms with E-state index in [0.29, 0.717) is 23.7 Å². The molecule has 23 heavy (non-hydrogen) atoms. The maximum absolute atomic E-state index is 14.7. The van der Waals surface area contributed by atoms with Gasteiger partial charge in [-0.3, -0.25) is 0 Å². The van der Waals surface area contributed by atoms with Crippen molar-refractivity contribution in [2.24, 2.45) is 34.5 Å². The summed E-state index contributed by atoms with van der Waals surface area (Å²) in [5.41, 5.74) is -1.53. The number of terminal acetylenes is 1. The van der Waals surface area contributed by atoms with Crippen molar-refractivity contribution in [1.29, 1.82) is 0 Å². The molecule has 4 aliphatic carbocycles. The number of aliphatic hydroxyl groups is 1. The first kappa shape index (κ1) is 15.9. The van der Waals surface area contributed by atoms with Crippen molar-refractivity contribution in [2.75, 3.05) is 0 Å². The van der Waals surface area contributed by atoms with Crippen molar-refractivity contribution in [3.05, 3.63) is 0 Å². The molecule has 0 spiro atoms. The van der Waals surface area contributed by atoms with Crippen LogP contribution in [0.25, 0.3) is 0 Å². The molecule has 4 saturated carbocycles. The molecule has 8 atom stereocenters. The standard InChI is InChI=1S/C21H31FO/c1-4-21(23)18(22)13-17-15-9-8-14-7-5-6-11-19(14,2)16(15)10-12-20(17,21)3/h1,14-18,23H,5-13H2,2-3H3/t14-,15-,16+,17+,18-,19+,20+,21+/m1/s1. The average molecular weight is 318 g/mol. The van der Waals surface area contributed by atoms with Gasteiger partial charge in [-0.15, -0.1) is 6.42 Å². The van der Waals surface area contributed by atoms with Gasteiger partial charge < -0.3 is 5.11 Å². The van der Waals surface area contributed by atoms with E-state index in [0.717, 1.165) is 18.8 Å². The fourth-order valence-electron chi connectivity index (χ4n) is 7.53. The molecule has 2 heteroatoms. The lowest BCUT2D eigenvalue weighted by Crippen LogP contribution is -2.56. The molecule has 1 N–H and O–H groups in total. The van der Waals surface area contributed by atoms with Crippen LogP contribution in [-0.4, -0.2) is 16.9 Å². The van der Waals surface area contributed by atoms with E-state index < -0.39 is 17.2 Å². The molecule has 0 aromatic rings. The third-order valence-electron chi connectivity index (χ3n) is 8.98. The van der Waals surface area contributed by atoms with Crippen molar-refractivity contribution >= 4 is 0 Å². The molecular weight excluding hydrogens is 287 g/mol. The lowest BCUT2D eigenvalue weighted by Gasteiger charge is -2.60. The highest BCUT2D eigenvalue weighted by molar-refractivity contribution is 5.27. The molecule has 0 aromatic carbocycles. The highest BCUT2D eigenvalue weighted by Gasteiger charge is 2.67. The fraction of sp³-hybridized carbons (Fsp3) is 0.905. The summed E-state index contributed by atoms with van der Waals surface area (Å²) in [6.45, 7) is 4.59. The maximum atomic E-state index is 14.7. The molecule has 0 amide bonds. The molecular formula is C21H31FO. The third-order valence-corrected chi connectivity index (χ3v) is 8.98. The number of halogens is 1. The second-order valence-corrected chi connectivity index (χ2v) is 9.47. The quantitative estimate of drug-likeness (QED) is 0.640. The van der Waals surface area contributed by atoms with Crippen LogP contribution >= 0.6 is 0 Å². The van der Waals surface area contributed by atoms with E-state index in [2.05, 4.69) is 19.8 Å². The Morgan fingerprint density at radius 1 is 1.04 bits per heavy atom. The number of rotatable bonds is 0. The number of alkyl halides is 1. The molecule has 4 rings (SSSR count). The van der Waals surface area contributed by atoms with Crippen molar-refractivity contribution in [1.82, 2.24) is 0 Å². The number of fused-ring (bicyclic) bond motifs is 5. The second-order valence-electron chi connectivity index (χ2n) is 9.47. The highest BCUT2D eigenvalue weighted by atomic mass is 19.1. The molecule has 4 fully saturated rings. The molecule has 0 aliphatic heterocycles. The first-order valence-corrected chi connectivity index (χ1v) is 9.71. The summed E-state index contributed by atoms with van der Waals surface area (Å²) in [4.78, 5) is 0. The van der Waals surface area contributed by atoms with Crippen LogP contribution in [0, 0.1) is 46.8 Å². The highest BCUT2D eigenvalue weighted by Crippen LogP contribution is 2.68. The molecule has 1 nitrogen and oxygen atoms in total. The average Bonchev–Trinajstić information content (AvgIpc) is 2.75. The van der Waals surface area contributed by atoms with Crippen molar-refractivity contribution < 1.29 is 9.50 Å². The first-order chi connectivity index (χ1) is 10.9. The van der Waals surface area contributed by atoms with Gasteiger partial charge in [-0.25, -0.2) is 4.39 Å². The normalized spacial score (nSPS) is 58.7. The SMILES string of the molecule is C#C[C@]1(O)[C@H](F)C[C@H]2[C@@H]3CC[C@H]4CCCC[C@]4(C)[C@H]3CC[C@@]21C. The van der Waals surface area contributed by atoms with Gasteiger partial charge in [-0.1, -0.05) is 32.6 Å². The lowest BCUT2D eigenvalue weighted by atomic mass is 9.44. The van der Waals surface area contributed by atoms with Crippen LogP contribution in [0.3, 0.4) is 0 Å². The van der Waals surface area contributed by atoms with Crippen LogP contribution in [0.5, 0.6) is 0 Å². The zero-order valence-corrected chi connectivity index (χ0v) is 14.7. The molecule has 128 valence electrons. The monoisotopic (exact) mass is 318 g/mol. The van der Waals surface area contributed by atoms with Crippen molar-refractivity contribution in [3.8, 4) is 12.3 Å². The minimum atomic E-state index is -1.55. The summed E-state index contributed by atoms with van der Waals surface area (Å²) in [6, 6.07) is 0. The first-order valence-electron chi connectivity index (χ1n) is 9.71. The Labute approximate surface area is 140 Å². The number of hydrogen-bond acceptors (Lipinski definition) is 1. The molecule has 4 aliphatic rings. The van der Waals surface area contributed by atoms with Crippen LogP contribution in [0.15, 0.2) is 0 Å². The van der Waals surface area contributed by atoms with Gasteiger partial charge in [0.15, 0.2) is 5.60 Å². The Kier molecular flexibility index (Phi) is 3.45. The third kappa shape index (κ3) is 1.84. The molecule has 0 aromatic heterocycles. The second kappa shape index (κ2) is 4.98. The molecule has 0 radical (unpaired) electrons. The van der Waals surface area contributed by atoms with E-state index in [4.69, 9.17) is 6.42 Å². The Hall–Kier alpha value is -0.550. The van der Waals surface area contributed by atoms with E-state index in [1.54, 1.807) is 0 Å². The van der Waals surface area contributed by atoms with E-state index >= 15 is 0 Å². The van der Waals surface area contributed by atoms with Gasteiger partial charge in [0, 0.05) is 5.41 Å². The molecule has 0 heterocycles. The largest absolute Gasteiger partial charge is 0.374 e. The topological polar surface area (TPSA) is 20.2 Å². The van der Waals surface area contributed by atoms with Gasteiger partial charge >= 0.3 is 0 Å². The maximum Gasteiger partial charge on any atom is 0.161 e. The Morgan fingerprint density at radius 2 is 1.83 bits per heavy atom. The Balaban J connectivity index is 1.69. The molecule has 0 saturated heterocycles. The van der Waals surface area contributed by atoms with E-state index in [1.165, 1.54) is 38.5 Å².